The number of nitrogens with one attached hydrogen (secondary N) is 1. The van der Waals surface area contributed by atoms with Gasteiger partial charge in [0.2, 0.25) is 0 Å². The second-order valence-corrected chi connectivity index (χ2v) is 4.96. The minimum absolute atomic E-state index is 0.0113. The van der Waals surface area contributed by atoms with Gasteiger partial charge in [0.25, 0.3) is 5.91 Å². The summed E-state index contributed by atoms with van der Waals surface area (Å²) in [5.41, 5.74) is 6.69. The molecule has 0 unspecified atom stereocenters. The molecule has 21 heavy (non-hydrogen) atoms. The van der Waals surface area contributed by atoms with E-state index in [1.54, 1.807) is 13.0 Å². The Balaban J connectivity index is 2.33. The molecular weight excluding hydrogens is 294 g/mol. The van der Waals surface area contributed by atoms with Crippen LogP contribution in [-0.4, -0.2) is 28.5 Å². The van der Waals surface area contributed by atoms with Crippen molar-refractivity contribution in [1.29, 1.82) is 0 Å². The minimum Gasteiger partial charge on any atom is -0.496 e. The van der Waals surface area contributed by atoms with Crippen LogP contribution in [0.4, 0.5) is 10.7 Å². The fourth-order valence-corrected chi connectivity index (χ4v) is 2.56. The summed E-state index contributed by atoms with van der Waals surface area (Å²) >= 11 is 0.916. The lowest BCUT2D eigenvalue weighted by Crippen LogP contribution is -2.14. The number of carbonyl (C=O) groups is 2. The predicted molar refractivity (Wildman–Crippen MR) is 79.2 cm³/mol. The number of aryl methyl sites for hydroxylation is 1. The number of aromatic nitrogens is 1. The van der Waals surface area contributed by atoms with E-state index in [1.807, 2.05) is 0 Å². The fraction of sp³-hybridized carbons (Fsp3) is 0.154. The van der Waals surface area contributed by atoms with Crippen LogP contribution in [0.2, 0.25) is 0 Å². The van der Waals surface area contributed by atoms with Crippen LogP contribution in [0, 0.1) is 6.92 Å². The molecule has 7 nitrogen and oxygen atoms in total. The number of nitrogens with zero attached hydrogens (tertiary/aromatic N) is 1. The summed E-state index contributed by atoms with van der Waals surface area (Å²) in [6.07, 6.45) is 0. The largest absolute Gasteiger partial charge is 0.496 e. The number of carboxylic acid groups (broad SMARTS) is 1. The van der Waals surface area contributed by atoms with Gasteiger partial charge in [-0.05, 0) is 30.6 Å². The van der Waals surface area contributed by atoms with Crippen LogP contribution in [0.1, 0.15) is 26.4 Å². The van der Waals surface area contributed by atoms with Gasteiger partial charge in [0.15, 0.2) is 0 Å². The number of anilines is 2. The van der Waals surface area contributed by atoms with Crippen molar-refractivity contribution in [3.05, 3.63) is 35.0 Å². The number of aromatic carboxylic acids is 1. The molecule has 1 aromatic carbocycles. The van der Waals surface area contributed by atoms with Crippen molar-refractivity contribution in [3.63, 3.8) is 0 Å². The van der Waals surface area contributed by atoms with Crippen LogP contribution < -0.4 is 15.8 Å². The van der Waals surface area contributed by atoms with Crippen LogP contribution in [0.15, 0.2) is 18.2 Å². The van der Waals surface area contributed by atoms with E-state index in [0.717, 1.165) is 11.5 Å². The Morgan fingerprint density at radius 3 is 2.76 bits per heavy atom. The van der Waals surface area contributed by atoms with Gasteiger partial charge in [0.05, 0.1) is 18.4 Å². The third-order valence-corrected chi connectivity index (χ3v) is 3.63. The van der Waals surface area contributed by atoms with Crippen molar-refractivity contribution in [3.8, 4) is 5.75 Å². The molecule has 0 aliphatic carbocycles. The standard InChI is InChI=1S/C13H13N3O4S/c1-6-10(13(18)19)12(21-16-6)15-11(17)8-4-3-7(14)5-9(8)20-2/h3-5H,14H2,1-2H3,(H,15,17)(H,18,19). The van der Waals surface area contributed by atoms with Crippen LogP contribution in [-0.2, 0) is 0 Å². The highest BCUT2D eigenvalue weighted by atomic mass is 32.1. The lowest BCUT2D eigenvalue weighted by atomic mass is 10.1. The normalized spacial score (nSPS) is 10.2. The van der Waals surface area contributed by atoms with E-state index in [4.69, 9.17) is 15.6 Å². The summed E-state index contributed by atoms with van der Waals surface area (Å²) in [6.45, 7) is 1.57. The molecule has 0 atom stereocenters. The van der Waals surface area contributed by atoms with Crippen molar-refractivity contribution in [2.75, 3.05) is 18.2 Å². The molecule has 2 aromatic rings. The summed E-state index contributed by atoms with van der Waals surface area (Å²) in [4.78, 5) is 23.4. The van der Waals surface area contributed by atoms with Gasteiger partial charge in [-0.3, -0.25) is 4.79 Å². The third-order valence-electron chi connectivity index (χ3n) is 2.77. The molecule has 0 saturated carbocycles. The number of methoxy groups -OCH3 is 1. The van der Waals surface area contributed by atoms with Crippen LogP contribution in [0.3, 0.4) is 0 Å². The first-order chi connectivity index (χ1) is 9.93. The first kappa shape index (κ1) is 14.8. The summed E-state index contributed by atoms with van der Waals surface area (Å²) < 4.78 is 9.03. The Labute approximate surface area is 124 Å². The molecule has 1 aromatic heterocycles. The topological polar surface area (TPSA) is 115 Å². The summed E-state index contributed by atoms with van der Waals surface area (Å²) in [7, 11) is 1.42. The molecule has 4 N–H and O–H groups in total. The third kappa shape index (κ3) is 2.95. The summed E-state index contributed by atoms with van der Waals surface area (Å²) in [5.74, 6) is -1.32. The van der Waals surface area contributed by atoms with Gasteiger partial charge in [0.1, 0.15) is 16.3 Å². The quantitative estimate of drug-likeness (QED) is 0.744. The maximum atomic E-state index is 12.2. The SMILES string of the molecule is COc1cc(N)ccc1C(=O)Nc1snc(C)c1C(=O)O. The highest BCUT2D eigenvalue weighted by molar-refractivity contribution is 7.11. The zero-order valence-electron chi connectivity index (χ0n) is 11.3. The number of rotatable bonds is 4. The lowest BCUT2D eigenvalue weighted by Gasteiger charge is -2.09. The molecule has 0 aliphatic heterocycles. The van der Waals surface area contributed by atoms with Crippen LogP contribution in [0.25, 0.3) is 0 Å². The Morgan fingerprint density at radius 1 is 1.43 bits per heavy atom. The molecule has 0 spiro atoms. The monoisotopic (exact) mass is 307 g/mol. The number of carboxylic acids is 1. The van der Waals surface area contributed by atoms with Gasteiger partial charge in [-0.2, -0.15) is 4.37 Å². The number of nitrogens with two attached hydrogens (primary N) is 1. The molecule has 110 valence electrons. The number of carbonyl (C=O) groups excluding carboxylic acids is 1. The van der Waals surface area contributed by atoms with E-state index in [9.17, 15) is 9.59 Å². The minimum atomic E-state index is -1.14. The van der Waals surface area contributed by atoms with Gasteiger partial charge in [0, 0.05) is 11.8 Å². The average Bonchev–Trinajstić information content (AvgIpc) is 2.79. The number of hydrogen-bond acceptors (Lipinski definition) is 6. The Kier molecular flexibility index (Phi) is 4.08. The summed E-state index contributed by atoms with van der Waals surface area (Å²) in [6, 6.07) is 4.59. The molecule has 0 aliphatic rings. The van der Waals surface area contributed by atoms with Crippen molar-refractivity contribution >= 4 is 34.1 Å². The van der Waals surface area contributed by atoms with Gasteiger partial charge in [-0.25, -0.2) is 4.79 Å². The second-order valence-electron chi connectivity index (χ2n) is 4.19. The van der Waals surface area contributed by atoms with Gasteiger partial charge < -0.3 is 20.9 Å². The van der Waals surface area contributed by atoms with E-state index in [2.05, 4.69) is 9.69 Å². The van der Waals surface area contributed by atoms with Crippen molar-refractivity contribution in [1.82, 2.24) is 4.37 Å². The number of ether oxygens (including phenoxy) is 1. The van der Waals surface area contributed by atoms with Crippen molar-refractivity contribution < 1.29 is 19.4 Å². The molecular formula is C13H13N3O4S. The number of hydrogen-bond donors (Lipinski definition) is 3. The maximum Gasteiger partial charge on any atom is 0.340 e. The number of amides is 1. The molecule has 8 heteroatoms. The van der Waals surface area contributed by atoms with Gasteiger partial charge in [-0.15, -0.1) is 0 Å². The highest BCUT2D eigenvalue weighted by Crippen LogP contribution is 2.27. The van der Waals surface area contributed by atoms with E-state index in [-0.39, 0.29) is 16.1 Å². The first-order valence-corrected chi connectivity index (χ1v) is 6.65. The molecule has 0 saturated heterocycles. The van der Waals surface area contributed by atoms with Crippen LogP contribution in [0.5, 0.6) is 5.75 Å². The van der Waals surface area contributed by atoms with Crippen molar-refractivity contribution in [2.24, 2.45) is 0 Å². The van der Waals surface area contributed by atoms with Crippen LogP contribution >= 0.6 is 11.5 Å². The predicted octanol–water partition coefficient (Wildman–Crippen LogP) is 1.99. The second kappa shape index (κ2) is 5.80. The lowest BCUT2D eigenvalue weighted by molar-refractivity contribution is 0.0697. The molecule has 1 heterocycles. The molecule has 0 radical (unpaired) electrons. The van der Waals surface area contributed by atoms with E-state index >= 15 is 0 Å². The Bertz CT molecular complexity index is 711. The Hall–Kier alpha value is -2.61. The van der Waals surface area contributed by atoms with E-state index in [0.29, 0.717) is 17.1 Å². The molecule has 0 fully saturated rings. The average molecular weight is 307 g/mol. The fourth-order valence-electron chi connectivity index (χ4n) is 1.77. The smallest absolute Gasteiger partial charge is 0.340 e. The number of benzene rings is 1. The number of nitrogen functional groups attached to an aromatic ring is 1. The molecule has 0 bridgehead atoms. The van der Waals surface area contributed by atoms with Crippen molar-refractivity contribution in [2.45, 2.75) is 6.92 Å². The van der Waals surface area contributed by atoms with E-state index in [1.165, 1.54) is 19.2 Å². The highest BCUT2D eigenvalue weighted by Gasteiger charge is 2.21. The van der Waals surface area contributed by atoms with Gasteiger partial charge >= 0.3 is 5.97 Å². The maximum absolute atomic E-state index is 12.2. The van der Waals surface area contributed by atoms with Gasteiger partial charge in [-0.1, -0.05) is 0 Å². The molecule has 2 rings (SSSR count). The first-order valence-electron chi connectivity index (χ1n) is 5.88. The zero-order chi connectivity index (χ0) is 15.6. The van der Waals surface area contributed by atoms with E-state index < -0.39 is 11.9 Å². The summed E-state index contributed by atoms with van der Waals surface area (Å²) in [5, 5.41) is 11.9. The molecule has 1 amide bonds. The Morgan fingerprint density at radius 2 is 2.14 bits per heavy atom. The zero-order valence-corrected chi connectivity index (χ0v) is 12.2.